The van der Waals surface area contributed by atoms with Crippen LogP contribution >= 0.6 is 0 Å². The molecular weight excluding hydrogens is 378 g/mol. The van der Waals surface area contributed by atoms with E-state index in [0.717, 1.165) is 15.9 Å². The van der Waals surface area contributed by atoms with Crippen LogP contribution in [0.5, 0.6) is 0 Å². The Morgan fingerprint density at radius 2 is 1.52 bits per heavy atom. The third-order valence-corrected chi connectivity index (χ3v) is 4.46. The molecule has 1 aromatic heterocycles. The van der Waals surface area contributed by atoms with E-state index in [9.17, 15) is 24.5 Å². The molecule has 9 heteroatoms. The summed E-state index contributed by atoms with van der Waals surface area (Å²) < 4.78 is 5.01. The van der Waals surface area contributed by atoms with Gasteiger partial charge in [0.05, 0.1) is 17.2 Å². The van der Waals surface area contributed by atoms with Gasteiger partial charge in [-0.3, -0.25) is 34.3 Å². The van der Waals surface area contributed by atoms with Gasteiger partial charge in [-0.25, -0.2) is 0 Å². The highest BCUT2D eigenvalue weighted by molar-refractivity contribution is 6.21. The largest absolute Gasteiger partial charge is 0.433 e. The maximum Gasteiger partial charge on any atom is 0.433 e. The number of rotatable bonds is 5. The minimum atomic E-state index is -0.756. The van der Waals surface area contributed by atoms with Crippen molar-refractivity contribution >= 4 is 29.3 Å². The number of fused-ring (bicyclic) bond motifs is 1. The molecule has 9 nitrogen and oxygen atoms in total. The van der Waals surface area contributed by atoms with Crippen LogP contribution in [0.4, 0.5) is 11.6 Å². The van der Waals surface area contributed by atoms with Crippen molar-refractivity contribution in [2.75, 3.05) is 11.6 Å². The molecule has 3 amide bonds. The van der Waals surface area contributed by atoms with Gasteiger partial charge < -0.3 is 4.42 Å². The first-order valence-corrected chi connectivity index (χ1v) is 8.53. The molecule has 1 aliphatic rings. The van der Waals surface area contributed by atoms with Crippen molar-refractivity contribution in [2.24, 2.45) is 0 Å². The van der Waals surface area contributed by atoms with Gasteiger partial charge in [-0.2, -0.15) is 0 Å². The Morgan fingerprint density at radius 3 is 2.07 bits per heavy atom. The minimum Gasteiger partial charge on any atom is -0.395 e. The van der Waals surface area contributed by atoms with Gasteiger partial charge in [-0.1, -0.05) is 30.3 Å². The van der Waals surface area contributed by atoms with Crippen molar-refractivity contribution in [2.45, 2.75) is 0 Å². The van der Waals surface area contributed by atoms with Crippen LogP contribution in [0, 0.1) is 10.1 Å². The number of para-hydroxylation sites is 1. The number of imide groups is 1. The summed E-state index contributed by atoms with van der Waals surface area (Å²) >= 11 is 0. The lowest BCUT2D eigenvalue weighted by Crippen LogP contribution is -2.44. The van der Waals surface area contributed by atoms with Gasteiger partial charge in [-0.15, -0.1) is 0 Å². The summed E-state index contributed by atoms with van der Waals surface area (Å²) in [6, 6.07) is 17.0. The molecule has 0 radical (unpaired) electrons. The molecule has 0 aliphatic carbocycles. The quantitative estimate of drug-likeness (QED) is 0.375. The second-order valence-corrected chi connectivity index (χ2v) is 6.19. The van der Waals surface area contributed by atoms with Gasteiger partial charge in [0.1, 0.15) is 11.6 Å². The summed E-state index contributed by atoms with van der Waals surface area (Å²) in [7, 11) is 0. The molecule has 144 valence electrons. The van der Waals surface area contributed by atoms with E-state index in [4.69, 9.17) is 4.42 Å². The fourth-order valence-electron chi connectivity index (χ4n) is 3.05. The van der Waals surface area contributed by atoms with E-state index in [1.807, 2.05) is 0 Å². The minimum absolute atomic E-state index is 0.256. The van der Waals surface area contributed by atoms with Crippen molar-refractivity contribution in [3.05, 3.63) is 93.7 Å². The summed E-state index contributed by atoms with van der Waals surface area (Å²) in [6.45, 7) is -0.371. The zero-order valence-corrected chi connectivity index (χ0v) is 14.8. The van der Waals surface area contributed by atoms with E-state index < -0.39 is 28.5 Å². The Balaban J connectivity index is 1.69. The predicted molar refractivity (Wildman–Crippen MR) is 100 cm³/mol. The highest BCUT2D eigenvalue weighted by Crippen LogP contribution is 2.26. The van der Waals surface area contributed by atoms with Crippen molar-refractivity contribution in [1.82, 2.24) is 4.90 Å². The highest BCUT2D eigenvalue weighted by atomic mass is 16.6. The van der Waals surface area contributed by atoms with Crippen LogP contribution in [0.1, 0.15) is 31.3 Å². The molecule has 0 N–H and O–H groups in total. The maximum atomic E-state index is 13.0. The first-order valence-electron chi connectivity index (χ1n) is 8.53. The number of nitrogens with zero attached hydrogens (tertiary/aromatic N) is 3. The molecular formula is C20H13N3O6. The van der Waals surface area contributed by atoms with Crippen molar-refractivity contribution in [3.63, 3.8) is 0 Å². The lowest BCUT2D eigenvalue weighted by molar-refractivity contribution is -0.402. The van der Waals surface area contributed by atoms with Gasteiger partial charge in [0.2, 0.25) is 0 Å². The lowest BCUT2D eigenvalue weighted by atomic mass is 10.1. The third kappa shape index (κ3) is 3.14. The SMILES string of the molecule is O=C1c2ccccc2C(=O)N1CN(C(=O)c1ccc([N+](=O)[O-])o1)c1ccccc1. The molecule has 0 saturated carbocycles. The van der Waals surface area contributed by atoms with Crippen molar-refractivity contribution in [3.8, 4) is 0 Å². The molecule has 1 aliphatic heterocycles. The summed E-state index contributed by atoms with van der Waals surface area (Å²) in [4.78, 5) is 50.6. The van der Waals surface area contributed by atoms with E-state index in [0.29, 0.717) is 5.69 Å². The predicted octanol–water partition coefficient (Wildman–Crippen LogP) is 3.09. The van der Waals surface area contributed by atoms with Gasteiger partial charge in [-0.05, 0) is 30.3 Å². The van der Waals surface area contributed by atoms with E-state index in [-0.39, 0.29) is 23.6 Å². The molecule has 0 spiro atoms. The first kappa shape index (κ1) is 18.1. The van der Waals surface area contributed by atoms with Crippen molar-refractivity contribution in [1.29, 1.82) is 0 Å². The fraction of sp³-hybridized carbons (Fsp3) is 0.0500. The average molecular weight is 391 g/mol. The van der Waals surface area contributed by atoms with Crippen LogP contribution < -0.4 is 4.90 Å². The Bertz CT molecular complexity index is 1100. The fourth-order valence-corrected chi connectivity index (χ4v) is 3.05. The third-order valence-electron chi connectivity index (χ3n) is 4.46. The number of carbonyl (C=O) groups excluding carboxylic acids is 3. The summed E-state index contributed by atoms with van der Waals surface area (Å²) in [5.41, 5.74) is 0.909. The van der Waals surface area contributed by atoms with Crippen LogP contribution in [0.3, 0.4) is 0 Å². The average Bonchev–Trinajstić information content (AvgIpc) is 3.32. The monoisotopic (exact) mass is 391 g/mol. The number of furan rings is 1. The molecule has 4 rings (SSSR count). The Hall–Kier alpha value is -4.27. The van der Waals surface area contributed by atoms with Gasteiger partial charge in [0.25, 0.3) is 17.7 Å². The van der Waals surface area contributed by atoms with Crippen LogP contribution in [-0.2, 0) is 0 Å². The zero-order valence-electron chi connectivity index (χ0n) is 14.8. The van der Waals surface area contributed by atoms with Crippen LogP contribution in [-0.4, -0.2) is 34.2 Å². The molecule has 29 heavy (non-hydrogen) atoms. The maximum absolute atomic E-state index is 13.0. The second kappa shape index (κ2) is 7.04. The molecule has 0 saturated heterocycles. The number of benzene rings is 2. The standard InChI is InChI=1S/C20H13N3O6/c24-18-14-8-4-5-9-15(14)19(25)22(18)12-21(13-6-2-1-3-7-13)20(26)16-10-11-17(29-16)23(27)28/h1-11H,12H2. The lowest BCUT2D eigenvalue weighted by Gasteiger charge is -2.26. The van der Waals surface area contributed by atoms with E-state index in [1.54, 1.807) is 54.6 Å². The Morgan fingerprint density at radius 1 is 0.931 bits per heavy atom. The van der Waals surface area contributed by atoms with Crippen LogP contribution in [0.25, 0.3) is 0 Å². The molecule has 3 aromatic rings. The summed E-state index contributed by atoms with van der Waals surface area (Å²) in [6.07, 6.45) is 0. The number of hydrogen-bond acceptors (Lipinski definition) is 6. The molecule has 2 heterocycles. The topological polar surface area (TPSA) is 114 Å². The normalized spacial score (nSPS) is 12.8. The Kier molecular flexibility index (Phi) is 4.40. The van der Waals surface area contributed by atoms with Crippen LogP contribution in [0.2, 0.25) is 0 Å². The smallest absolute Gasteiger partial charge is 0.395 e. The number of hydrogen-bond donors (Lipinski definition) is 0. The molecule has 0 fully saturated rings. The molecule has 0 bridgehead atoms. The summed E-state index contributed by atoms with van der Waals surface area (Å²) in [5.74, 6) is -2.63. The van der Waals surface area contributed by atoms with Gasteiger partial charge >= 0.3 is 5.88 Å². The van der Waals surface area contributed by atoms with E-state index in [2.05, 4.69) is 0 Å². The second-order valence-electron chi connectivity index (χ2n) is 6.19. The number of nitro groups is 1. The molecule has 2 aromatic carbocycles. The van der Waals surface area contributed by atoms with E-state index >= 15 is 0 Å². The van der Waals surface area contributed by atoms with E-state index in [1.165, 1.54) is 6.07 Å². The highest BCUT2D eigenvalue weighted by Gasteiger charge is 2.37. The molecule has 0 unspecified atom stereocenters. The Labute approximate surface area is 163 Å². The zero-order chi connectivity index (χ0) is 20.5. The molecule has 0 atom stereocenters. The van der Waals surface area contributed by atoms with Crippen molar-refractivity contribution < 1.29 is 23.7 Å². The number of amides is 3. The number of anilines is 1. The first-order chi connectivity index (χ1) is 14.0. The summed E-state index contributed by atoms with van der Waals surface area (Å²) in [5, 5.41) is 10.9. The van der Waals surface area contributed by atoms with Crippen LogP contribution in [0.15, 0.2) is 71.1 Å². The number of carbonyl (C=O) groups is 3. The van der Waals surface area contributed by atoms with Gasteiger partial charge in [0.15, 0.2) is 5.76 Å². The van der Waals surface area contributed by atoms with Gasteiger partial charge in [0, 0.05) is 5.69 Å².